The van der Waals surface area contributed by atoms with Crippen LogP contribution in [0.3, 0.4) is 0 Å². The number of carbonyl (C=O) groups excluding carboxylic acids is 2. The summed E-state index contributed by atoms with van der Waals surface area (Å²) >= 11 is 0. The smallest absolute Gasteiger partial charge is 0.261 e. The first-order valence-corrected chi connectivity index (χ1v) is 9.90. The molecule has 1 aliphatic heterocycles. The van der Waals surface area contributed by atoms with Gasteiger partial charge in [-0.15, -0.1) is 0 Å². The van der Waals surface area contributed by atoms with Crippen LogP contribution in [0, 0.1) is 5.92 Å². The molecule has 1 amide bonds. The zero-order chi connectivity index (χ0) is 18.5. The summed E-state index contributed by atoms with van der Waals surface area (Å²) in [4.78, 5) is 25.4. The van der Waals surface area contributed by atoms with E-state index in [1.807, 2.05) is 0 Å². The zero-order valence-electron chi connectivity index (χ0n) is 14.2. The van der Waals surface area contributed by atoms with Gasteiger partial charge in [0.2, 0.25) is 5.91 Å². The van der Waals surface area contributed by atoms with Crippen molar-refractivity contribution in [2.24, 2.45) is 5.92 Å². The molecule has 0 unspecified atom stereocenters. The SMILES string of the molecule is CN1C(=O)Cc2cc(S(=O)(=O)Nc3ccc(C(=O)C4CC4)cc3)ccc21. The molecule has 1 heterocycles. The molecule has 2 aliphatic rings. The molecule has 1 saturated carbocycles. The molecule has 0 bridgehead atoms. The van der Waals surface area contributed by atoms with Crippen LogP contribution in [-0.2, 0) is 21.2 Å². The Labute approximate surface area is 151 Å². The number of likely N-dealkylation sites (N-methyl/N-ethyl adjacent to an activating group) is 1. The average Bonchev–Trinajstić information content (AvgIpc) is 3.42. The monoisotopic (exact) mass is 370 g/mol. The fourth-order valence-corrected chi connectivity index (χ4v) is 4.22. The number of carbonyl (C=O) groups is 2. The van der Waals surface area contributed by atoms with E-state index >= 15 is 0 Å². The molecular weight excluding hydrogens is 352 g/mol. The summed E-state index contributed by atoms with van der Waals surface area (Å²) in [6.45, 7) is 0. The molecule has 2 aromatic rings. The van der Waals surface area contributed by atoms with Crippen LogP contribution >= 0.6 is 0 Å². The third-order valence-corrected chi connectivity index (χ3v) is 6.19. The van der Waals surface area contributed by atoms with E-state index in [-0.39, 0.29) is 28.9 Å². The minimum absolute atomic E-state index is 0.0570. The highest BCUT2D eigenvalue weighted by molar-refractivity contribution is 7.92. The van der Waals surface area contributed by atoms with Crippen LogP contribution in [0.15, 0.2) is 47.4 Å². The normalized spacial score (nSPS) is 16.5. The number of sulfonamides is 1. The van der Waals surface area contributed by atoms with Crippen molar-refractivity contribution in [3.05, 3.63) is 53.6 Å². The van der Waals surface area contributed by atoms with Gasteiger partial charge in [0, 0.05) is 29.9 Å². The number of fused-ring (bicyclic) bond motifs is 1. The summed E-state index contributed by atoms with van der Waals surface area (Å²) < 4.78 is 27.8. The van der Waals surface area contributed by atoms with Crippen molar-refractivity contribution in [3.8, 4) is 0 Å². The Bertz CT molecular complexity index is 1010. The average molecular weight is 370 g/mol. The molecule has 0 radical (unpaired) electrons. The van der Waals surface area contributed by atoms with Crippen molar-refractivity contribution in [1.29, 1.82) is 0 Å². The largest absolute Gasteiger partial charge is 0.315 e. The van der Waals surface area contributed by atoms with Gasteiger partial charge in [-0.05, 0) is 60.9 Å². The van der Waals surface area contributed by atoms with E-state index in [4.69, 9.17) is 0 Å². The first-order chi connectivity index (χ1) is 12.3. The highest BCUT2D eigenvalue weighted by Crippen LogP contribution is 2.33. The van der Waals surface area contributed by atoms with E-state index in [1.54, 1.807) is 37.4 Å². The van der Waals surface area contributed by atoms with E-state index < -0.39 is 10.0 Å². The summed E-state index contributed by atoms with van der Waals surface area (Å²) in [5.74, 6) is 0.190. The molecule has 0 atom stereocenters. The van der Waals surface area contributed by atoms with Gasteiger partial charge in [-0.1, -0.05) is 0 Å². The standard InChI is InChI=1S/C19H18N2O4S/c1-21-17-9-8-16(10-14(17)11-18(21)22)26(24,25)20-15-6-4-13(5-7-15)19(23)12-2-3-12/h4-10,12,20H,2-3,11H2,1H3. The van der Waals surface area contributed by atoms with Gasteiger partial charge >= 0.3 is 0 Å². The first kappa shape index (κ1) is 16.8. The number of ketones is 1. The number of anilines is 2. The maximum atomic E-state index is 12.6. The molecule has 6 nitrogen and oxygen atoms in total. The number of nitrogens with zero attached hydrogens (tertiary/aromatic N) is 1. The predicted molar refractivity (Wildman–Crippen MR) is 97.9 cm³/mol. The fraction of sp³-hybridized carbons (Fsp3) is 0.263. The highest BCUT2D eigenvalue weighted by atomic mass is 32.2. The van der Waals surface area contributed by atoms with Gasteiger partial charge in [-0.2, -0.15) is 0 Å². The van der Waals surface area contributed by atoms with Crippen molar-refractivity contribution < 1.29 is 18.0 Å². The second-order valence-electron chi connectivity index (χ2n) is 6.74. The van der Waals surface area contributed by atoms with Crippen LogP contribution in [0.4, 0.5) is 11.4 Å². The first-order valence-electron chi connectivity index (χ1n) is 8.42. The minimum Gasteiger partial charge on any atom is -0.315 e. The molecule has 7 heteroatoms. The van der Waals surface area contributed by atoms with Crippen molar-refractivity contribution in [2.45, 2.75) is 24.2 Å². The van der Waals surface area contributed by atoms with Gasteiger partial charge in [0.25, 0.3) is 10.0 Å². The third kappa shape index (κ3) is 2.99. The second-order valence-corrected chi connectivity index (χ2v) is 8.42. The van der Waals surface area contributed by atoms with Gasteiger partial charge in [0.15, 0.2) is 5.78 Å². The van der Waals surface area contributed by atoms with Crippen LogP contribution in [0.25, 0.3) is 0 Å². The Kier molecular flexibility index (Phi) is 3.84. The van der Waals surface area contributed by atoms with E-state index in [0.717, 1.165) is 18.5 Å². The highest BCUT2D eigenvalue weighted by Gasteiger charge is 2.30. The molecule has 0 aromatic heterocycles. The maximum absolute atomic E-state index is 12.6. The maximum Gasteiger partial charge on any atom is 0.261 e. The lowest BCUT2D eigenvalue weighted by atomic mass is 10.1. The summed E-state index contributed by atoms with van der Waals surface area (Å²) in [5.41, 5.74) is 2.43. The summed E-state index contributed by atoms with van der Waals surface area (Å²) in [5, 5.41) is 0. The second kappa shape index (κ2) is 5.95. The Morgan fingerprint density at radius 3 is 2.46 bits per heavy atom. The summed E-state index contributed by atoms with van der Waals surface area (Å²) in [6.07, 6.45) is 2.07. The lowest BCUT2D eigenvalue weighted by Crippen LogP contribution is -2.20. The van der Waals surface area contributed by atoms with Crippen molar-refractivity contribution >= 4 is 33.1 Å². The van der Waals surface area contributed by atoms with E-state index in [0.29, 0.717) is 16.8 Å². The molecule has 0 saturated heterocycles. The molecule has 0 spiro atoms. The van der Waals surface area contributed by atoms with Gasteiger partial charge in [0.1, 0.15) is 0 Å². The lowest BCUT2D eigenvalue weighted by molar-refractivity contribution is -0.117. The van der Waals surface area contributed by atoms with E-state index in [9.17, 15) is 18.0 Å². The quantitative estimate of drug-likeness (QED) is 0.820. The number of hydrogen-bond donors (Lipinski definition) is 1. The van der Waals surface area contributed by atoms with Gasteiger partial charge < -0.3 is 4.90 Å². The summed E-state index contributed by atoms with van der Waals surface area (Å²) in [7, 11) is -2.10. The molecule has 134 valence electrons. The third-order valence-electron chi connectivity index (χ3n) is 4.81. The lowest BCUT2D eigenvalue weighted by Gasteiger charge is -2.12. The van der Waals surface area contributed by atoms with Gasteiger partial charge in [0.05, 0.1) is 11.3 Å². The zero-order valence-corrected chi connectivity index (χ0v) is 15.0. The Morgan fingerprint density at radius 2 is 1.81 bits per heavy atom. The Hall–Kier alpha value is -2.67. The number of hydrogen-bond acceptors (Lipinski definition) is 4. The van der Waals surface area contributed by atoms with Crippen LogP contribution in [0.5, 0.6) is 0 Å². The molecule has 1 N–H and O–H groups in total. The fourth-order valence-electron chi connectivity index (χ4n) is 3.11. The van der Waals surface area contributed by atoms with Gasteiger partial charge in [-0.25, -0.2) is 8.42 Å². The number of benzene rings is 2. The Morgan fingerprint density at radius 1 is 1.12 bits per heavy atom. The van der Waals surface area contributed by atoms with Crippen molar-refractivity contribution in [2.75, 3.05) is 16.7 Å². The Balaban J connectivity index is 1.55. The van der Waals surface area contributed by atoms with Crippen molar-refractivity contribution in [1.82, 2.24) is 0 Å². The van der Waals surface area contributed by atoms with Crippen LogP contribution in [0.1, 0.15) is 28.8 Å². The molecule has 2 aromatic carbocycles. The molecule has 1 aliphatic carbocycles. The van der Waals surface area contributed by atoms with Crippen LogP contribution in [0.2, 0.25) is 0 Å². The number of rotatable bonds is 5. The van der Waals surface area contributed by atoms with Crippen LogP contribution in [-0.4, -0.2) is 27.2 Å². The predicted octanol–water partition coefficient (Wildman–Crippen LogP) is 2.60. The van der Waals surface area contributed by atoms with Crippen LogP contribution < -0.4 is 9.62 Å². The van der Waals surface area contributed by atoms with Gasteiger partial charge in [-0.3, -0.25) is 14.3 Å². The number of nitrogens with one attached hydrogen (secondary N) is 1. The molecule has 4 rings (SSSR count). The van der Waals surface area contributed by atoms with Crippen molar-refractivity contribution in [3.63, 3.8) is 0 Å². The molecule has 1 fully saturated rings. The van der Waals surface area contributed by atoms with E-state index in [2.05, 4.69) is 4.72 Å². The number of Topliss-reactive ketones (excluding diaryl/α,β-unsaturated/α-hetero) is 1. The topological polar surface area (TPSA) is 83.6 Å². The minimum atomic E-state index is -3.77. The summed E-state index contributed by atoms with van der Waals surface area (Å²) in [6, 6.07) is 11.1. The molecular formula is C19H18N2O4S. The number of amides is 1. The molecule has 26 heavy (non-hydrogen) atoms. The van der Waals surface area contributed by atoms with E-state index in [1.165, 1.54) is 17.0 Å².